The molecule has 38 heavy (non-hydrogen) atoms. The third-order valence-electron chi connectivity index (χ3n) is 6.39. The molecule has 0 aliphatic carbocycles. The van der Waals surface area contributed by atoms with Crippen LogP contribution in [0.1, 0.15) is 30.4 Å². The summed E-state index contributed by atoms with van der Waals surface area (Å²) in [5.41, 5.74) is 1.18. The molecule has 3 N–H and O–H groups in total. The van der Waals surface area contributed by atoms with Gasteiger partial charge in [-0.3, -0.25) is 10.0 Å². The number of benzene rings is 3. The lowest BCUT2D eigenvalue weighted by Gasteiger charge is -2.26. The maximum absolute atomic E-state index is 13.8. The van der Waals surface area contributed by atoms with Gasteiger partial charge in [-0.25, -0.2) is 22.7 Å². The summed E-state index contributed by atoms with van der Waals surface area (Å²) in [6.45, 7) is -0.418. The lowest BCUT2D eigenvalue weighted by atomic mass is 9.94. The summed E-state index contributed by atoms with van der Waals surface area (Å²) >= 11 is 0. The normalized spacial score (nSPS) is 19.3. The molecule has 3 aromatic rings. The van der Waals surface area contributed by atoms with Gasteiger partial charge in [0.2, 0.25) is 10.0 Å². The highest BCUT2D eigenvalue weighted by molar-refractivity contribution is 7.89. The highest BCUT2D eigenvalue weighted by Crippen LogP contribution is 2.30. The Kier molecular flexibility index (Phi) is 8.72. The van der Waals surface area contributed by atoms with Crippen LogP contribution < -0.4 is 14.9 Å². The molecule has 0 aromatic heterocycles. The first kappa shape index (κ1) is 27.6. The molecular formula is C27H28F2N2O6S. The molecule has 1 aliphatic rings. The van der Waals surface area contributed by atoms with Gasteiger partial charge in [-0.1, -0.05) is 30.3 Å². The van der Waals surface area contributed by atoms with Gasteiger partial charge in [0.05, 0.1) is 17.6 Å². The molecule has 1 heterocycles. The van der Waals surface area contributed by atoms with Crippen molar-refractivity contribution in [1.29, 1.82) is 0 Å². The summed E-state index contributed by atoms with van der Waals surface area (Å²) in [6, 6.07) is 18.3. The monoisotopic (exact) mass is 546 g/mol. The van der Waals surface area contributed by atoms with Gasteiger partial charge in [-0.15, -0.1) is 0 Å². The Morgan fingerprint density at radius 2 is 1.82 bits per heavy atom. The zero-order valence-corrected chi connectivity index (χ0v) is 21.2. The molecule has 4 rings (SSSR count). The smallest absolute Gasteiger partial charge is 0.267 e. The van der Waals surface area contributed by atoms with Crippen molar-refractivity contribution in [3.63, 3.8) is 0 Å². The van der Waals surface area contributed by atoms with E-state index in [0.29, 0.717) is 6.42 Å². The van der Waals surface area contributed by atoms with Crippen LogP contribution in [0, 0.1) is 11.6 Å². The number of carbonyl (C=O) groups excluding carboxylic acids is 1. The van der Waals surface area contributed by atoms with Crippen molar-refractivity contribution in [2.45, 2.75) is 48.8 Å². The number of aryl methyl sites for hydroxylation is 1. The number of hydroxylamine groups is 1. The van der Waals surface area contributed by atoms with Gasteiger partial charge in [-0.2, -0.15) is 4.72 Å². The molecule has 1 fully saturated rings. The van der Waals surface area contributed by atoms with Crippen molar-refractivity contribution in [2.24, 2.45) is 0 Å². The first-order valence-corrected chi connectivity index (χ1v) is 13.5. The van der Waals surface area contributed by atoms with Crippen LogP contribution >= 0.6 is 0 Å². The Labute approximate surface area is 219 Å². The van der Waals surface area contributed by atoms with Crippen molar-refractivity contribution in [1.82, 2.24) is 10.2 Å². The van der Waals surface area contributed by atoms with E-state index in [1.165, 1.54) is 35.9 Å². The third-order valence-corrected chi connectivity index (χ3v) is 7.94. The Bertz CT molecular complexity index is 1360. The van der Waals surface area contributed by atoms with Gasteiger partial charge in [0, 0.05) is 18.1 Å². The SMILES string of the molecule is O=C(NO)C1(NS(=O)(=O)c2ccc(OCc3ccc(F)cc3F)cc2)COC(CCCc2ccccc2)C1. The fraction of sp³-hybridized carbons (Fsp3) is 0.296. The van der Waals surface area contributed by atoms with E-state index in [9.17, 15) is 27.2 Å². The molecule has 1 saturated heterocycles. The summed E-state index contributed by atoms with van der Waals surface area (Å²) < 4.78 is 66.8. The summed E-state index contributed by atoms with van der Waals surface area (Å²) in [5, 5.41) is 9.31. The molecule has 202 valence electrons. The third kappa shape index (κ3) is 6.73. The van der Waals surface area contributed by atoms with Crippen LogP contribution in [0.2, 0.25) is 0 Å². The molecule has 0 radical (unpaired) electrons. The van der Waals surface area contributed by atoms with E-state index in [4.69, 9.17) is 9.47 Å². The minimum atomic E-state index is -4.20. The second-order valence-electron chi connectivity index (χ2n) is 9.14. The molecule has 0 saturated carbocycles. The Morgan fingerprint density at radius 3 is 2.50 bits per heavy atom. The molecule has 11 heteroatoms. The summed E-state index contributed by atoms with van der Waals surface area (Å²) in [4.78, 5) is 12.4. The number of hydrogen-bond acceptors (Lipinski definition) is 6. The number of halogens is 2. The van der Waals surface area contributed by atoms with E-state index in [1.807, 2.05) is 30.3 Å². The van der Waals surface area contributed by atoms with Crippen LogP contribution in [0.4, 0.5) is 8.78 Å². The van der Waals surface area contributed by atoms with Gasteiger partial charge in [-0.05, 0) is 61.2 Å². The molecule has 2 unspecified atom stereocenters. The summed E-state index contributed by atoms with van der Waals surface area (Å²) in [7, 11) is -4.20. The minimum absolute atomic E-state index is 0.0534. The Balaban J connectivity index is 1.38. The quantitative estimate of drug-likeness (QED) is 0.249. The number of ether oxygens (including phenoxy) is 2. The average Bonchev–Trinajstić information content (AvgIpc) is 3.31. The Morgan fingerprint density at radius 1 is 1.08 bits per heavy atom. The Hall–Kier alpha value is -3.38. The topological polar surface area (TPSA) is 114 Å². The van der Waals surface area contributed by atoms with Gasteiger partial charge < -0.3 is 9.47 Å². The van der Waals surface area contributed by atoms with E-state index < -0.39 is 33.1 Å². The molecule has 0 bridgehead atoms. The number of carbonyl (C=O) groups is 1. The maximum Gasteiger partial charge on any atom is 0.267 e. The van der Waals surface area contributed by atoms with Crippen molar-refractivity contribution >= 4 is 15.9 Å². The first-order chi connectivity index (χ1) is 18.2. The minimum Gasteiger partial charge on any atom is -0.489 e. The van der Waals surface area contributed by atoms with Crippen LogP contribution in [0.15, 0.2) is 77.7 Å². The lowest BCUT2D eigenvalue weighted by Crippen LogP contribution is -2.59. The molecule has 1 aliphatic heterocycles. The van der Waals surface area contributed by atoms with Crippen LogP contribution in [0.25, 0.3) is 0 Å². The fourth-order valence-electron chi connectivity index (χ4n) is 4.34. The second-order valence-corrected chi connectivity index (χ2v) is 10.8. The van der Waals surface area contributed by atoms with E-state index in [0.717, 1.165) is 25.0 Å². The molecule has 0 spiro atoms. The van der Waals surface area contributed by atoms with Crippen LogP contribution in [0.5, 0.6) is 5.75 Å². The van der Waals surface area contributed by atoms with Crippen molar-refractivity contribution < 1.29 is 36.7 Å². The van der Waals surface area contributed by atoms with Crippen LogP contribution in [-0.2, 0) is 32.6 Å². The predicted molar refractivity (Wildman–Crippen MR) is 134 cm³/mol. The van der Waals surface area contributed by atoms with Crippen LogP contribution in [-0.4, -0.2) is 37.8 Å². The van der Waals surface area contributed by atoms with Gasteiger partial charge >= 0.3 is 0 Å². The van der Waals surface area contributed by atoms with E-state index in [1.54, 1.807) is 5.48 Å². The molecule has 2 atom stereocenters. The lowest BCUT2D eigenvalue weighted by molar-refractivity contribution is -0.135. The standard InChI is InChI=1S/C27H28F2N2O6S/c28-21-10-9-20(25(29)15-21)17-36-22-11-13-24(14-12-22)38(34,35)31-27(26(32)30-33)16-23(37-18-27)8-4-7-19-5-2-1-3-6-19/h1-3,5-6,9-15,23,31,33H,4,7-8,16-18H2,(H,30,32). The van der Waals surface area contributed by atoms with E-state index in [2.05, 4.69) is 4.72 Å². The number of hydrogen-bond donors (Lipinski definition) is 3. The van der Waals surface area contributed by atoms with Crippen LogP contribution in [0.3, 0.4) is 0 Å². The fourth-order valence-corrected chi connectivity index (χ4v) is 5.71. The zero-order chi connectivity index (χ0) is 27.2. The number of amides is 1. The summed E-state index contributed by atoms with van der Waals surface area (Å²) in [5.74, 6) is -2.10. The predicted octanol–water partition coefficient (Wildman–Crippen LogP) is 3.88. The zero-order valence-electron chi connectivity index (χ0n) is 20.4. The van der Waals surface area contributed by atoms with Crippen molar-refractivity contribution in [3.8, 4) is 5.75 Å². The highest BCUT2D eigenvalue weighted by Gasteiger charge is 2.49. The van der Waals surface area contributed by atoms with Gasteiger partial charge in [0.25, 0.3) is 5.91 Å². The number of rotatable bonds is 11. The van der Waals surface area contributed by atoms with Gasteiger partial charge in [0.15, 0.2) is 0 Å². The van der Waals surface area contributed by atoms with Gasteiger partial charge in [0.1, 0.15) is 29.5 Å². The second kappa shape index (κ2) is 12.0. The summed E-state index contributed by atoms with van der Waals surface area (Å²) in [6.07, 6.45) is 1.88. The number of nitrogens with one attached hydrogen (secondary N) is 2. The molecular weight excluding hydrogens is 518 g/mol. The van der Waals surface area contributed by atoms with E-state index in [-0.39, 0.29) is 41.9 Å². The van der Waals surface area contributed by atoms with E-state index >= 15 is 0 Å². The highest BCUT2D eigenvalue weighted by atomic mass is 32.2. The van der Waals surface area contributed by atoms with Crippen molar-refractivity contribution in [2.75, 3.05) is 6.61 Å². The largest absolute Gasteiger partial charge is 0.489 e. The van der Waals surface area contributed by atoms with Crippen molar-refractivity contribution in [3.05, 3.63) is 95.6 Å². The first-order valence-electron chi connectivity index (χ1n) is 12.0. The molecule has 1 amide bonds. The molecule has 3 aromatic carbocycles. The average molecular weight is 547 g/mol. The number of sulfonamides is 1. The molecule has 8 nitrogen and oxygen atoms in total. The maximum atomic E-state index is 13.8.